The van der Waals surface area contributed by atoms with Crippen LogP contribution in [0, 0.1) is 0 Å². The molecule has 0 aliphatic carbocycles. The number of halogens is 7. The minimum atomic E-state index is -4.49. The summed E-state index contributed by atoms with van der Waals surface area (Å²) < 4.78 is 75.0. The van der Waals surface area contributed by atoms with Gasteiger partial charge in [-0.25, -0.2) is 4.98 Å². The first-order valence-electron chi connectivity index (χ1n) is 7.22. The van der Waals surface area contributed by atoms with Gasteiger partial charge in [-0.2, -0.15) is 26.3 Å². The molecule has 2 rings (SSSR count). The lowest BCUT2D eigenvalue weighted by Gasteiger charge is -2.12. The molecule has 0 bridgehead atoms. The van der Waals surface area contributed by atoms with Gasteiger partial charge in [0.25, 0.3) is 0 Å². The van der Waals surface area contributed by atoms with Crippen LogP contribution in [0.15, 0.2) is 34.6 Å². The molecule has 0 aliphatic rings. The van der Waals surface area contributed by atoms with Gasteiger partial charge >= 0.3 is 12.4 Å². The third-order valence-corrected chi connectivity index (χ3v) is 4.06. The molecule has 0 aliphatic heterocycles. The molecule has 12 heteroatoms. The number of aliphatic imine (C=N–C) groups is 1. The molecule has 150 valence electrons. The summed E-state index contributed by atoms with van der Waals surface area (Å²) in [5, 5.41) is 6.82. The minimum Gasteiger partial charge on any atom is -0.352 e. The first kappa shape index (κ1) is 23.5. The van der Waals surface area contributed by atoms with Gasteiger partial charge in [0, 0.05) is 19.0 Å². The highest BCUT2D eigenvalue weighted by atomic mass is 127. The molecule has 0 atom stereocenters. The molecular weight excluding hydrogens is 509 g/mol. The number of guanidine groups is 1. The van der Waals surface area contributed by atoms with Crippen molar-refractivity contribution < 1.29 is 26.3 Å². The Morgan fingerprint density at radius 3 is 2.07 bits per heavy atom. The number of hydrogen-bond acceptors (Lipinski definition) is 3. The highest BCUT2D eigenvalue weighted by Crippen LogP contribution is 2.30. The first-order chi connectivity index (χ1) is 12.1. The zero-order valence-electron chi connectivity index (χ0n) is 13.8. The molecule has 2 N–H and O–H groups in total. The highest BCUT2D eigenvalue weighted by molar-refractivity contribution is 14.0. The van der Waals surface area contributed by atoms with Crippen molar-refractivity contribution in [1.82, 2.24) is 15.6 Å². The Bertz CT molecular complexity index is 755. The summed E-state index contributed by atoms with van der Waals surface area (Å²) in [4.78, 5) is 7.38. The monoisotopic (exact) mass is 524 g/mol. The topological polar surface area (TPSA) is 49.3 Å². The van der Waals surface area contributed by atoms with E-state index in [0.29, 0.717) is 5.56 Å². The second-order valence-corrected chi connectivity index (χ2v) is 6.04. The fourth-order valence-electron chi connectivity index (χ4n) is 1.90. The minimum absolute atomic E-state index is 0. The summed E-state index contributed by atoms with van der Waals surface area (Å²) in [6, 6.07) is 4.61. The number of nitrogens with one attached hydrogen (secondary N) is 2. The highest BCUT2D eigenvalue weighted by Gasteiger charge is 2.33. The predicted molar refractivity (Wildman–Crippen MR) is 101 cm³/mol. The van der Waals surface area contributed by atoms with E-state index in [1.54, 1.807) is 0 Å². The van der Waals surface area contributed by atoms with E-state index in [0.717, 1.165) is 28.8 Å². The quantitative estimate of drug-likeness (QED) is 0.265. The summed E-state index contributed by atoms with van der Waals surface area (Å²) in [5.74, 6) is 0.286. The van der Waals surface area contributed by atoms with Crippen molar-refractivity contribution in [2.45, 2.75) is 25.4 Å². The molecule has 0 radical (unpaired) electrons. The zero-order valence-corrected chi connectivity index (χ0v) is 16.9. The molecule has 0 unspecified atom stereocenters. The summed E-state index contributed by atoms with van der Waals surface area (Å²) in [5.41, 5.74) is -1.10. The molecule has 4 nitrogen and oxygen atoms in total. The standard InChI is InChI=1S/C15H14F6N4S.HI/c1-22-13(24-7-12-25-11(8-26-12)15(19,20)21)23-6-9-2-4-10(5-3-9)14(16,17)18;/h2-5,8H,6-7H2,1H3,(H2,22,23,24);1H. The van der Waals surface area contributed by atoms with E-state index in [2.05, 4.69) is 20.6 Å². The van der Waals surface area contributed by atoms with Crippen LogP contribution in [0.1, 0.15) is 21.8 Å². The van der Waals surface area contributed by atoms with Crippen molar-refractivity contribution in [3.63, 3.8) is 0 Å². The molecule has 0 spiro atoms. The predicted octanol–water partition coefficient (Wildman–Crippen LogP) is 4.66. The molecule has 0 amide bonds. The smallest absolute Gasteiger partial charge is 0.352 e. The van der Waals surface area contributed by atoms with Crippen LogP contribution in [-0.4, -0.2) is 18.0 Å². The van der Waals surface area contributed by atoms with Crippen LogP contribution in [0.5, 0.6) is 0 Å². The van der Waals surface area contributed by atoms with Crippen molar-refractivity contribution in [3.8, 4) is 0 Å². The molecule has 0 fully saturated rings. The van der Waals surface area contributed by atoms with Gasteiger partial charge in [-0.05, 0) is 17.7 Å². The Labute approximate surface area is 172 Å². The van der Waals surface area contributed by atoms with Gasteiger partial charge in [0.2, 0.25) is 0 Å². The van der Waals surface area contributed by atoms with Crippen LogP contribution < -0.4 is 10.6 Å². The molecule has 1 heterocycles. The molecule has 2 aromatic rings. The third kappa shape index (κ3) is 7.16. The Morgan fingerprint density at radius 2 is 1.59 bits per heavy atom. The second kappa shape index (κ2) is 9.57. The Morgan fingerprint density at radius 1 is 1.00 bits per heavy atom. The van der Waals surface area contributed by atoms with Crippen LogP contribution in [0.2, 0.25) is 0 Å². The molecule has 1 aromatic heterocycles. The van der Waals surface area contributed by atoms with Gasteiger partial charge < -0.3 is 10.6 Å². The van der Waals surface area contributed by atoms with E-state index in [1.807, 2.05) is 0 Å². The van der Waals surface area contributed by atoms with Crippen molar-refractivity contribution >= 4 is 41.3 Å². The first-order valence-corrected chi connectivity index (χ1v) is 8.10. The van der Waals surface area contributed by atoms with Crippen molar-refractivity contribution in [2.24, 2.45) is 4.99 Å². The van der Waals surface area contributed by atoms with Gasteiger partial charge in [-0.1, -0.05) is 12.1 Å². The number of nitrogens with zero attached hydrogens (tertiary/aromatic N) is 2. The normalized spacial score (nSPS) is 12.5. The lowest BCUT2D eigenvalue weighted by molar-refractivity contribution is -0.141. The molecule has 1 aromatic carbocycles. The zero-order chi connectivity index (χ0) is 19.4. The van der Waals surface area contributed by atoms with E-state index in [4.69, 9.17) is 0 Å². The number of aromatic nitrogens is 1. The average molecular weight is 524 g/mol. The lowest BCUT2D eigenvalue weighted by atomic mass is 10.1. The Balaban J connectivity index is 0.00000364. The summed E-state index contributed by atoms with van der Waals surface area (Å²) in [7, 11) is 1.46. The maximum absolute atomic E-state index is 12.5. The number of alkyl halides is 6. The molecule has 0 saturated carbocycles. The van der Waals surface area contributed by atoms with Gasteiger partial charge in [-0.15, -0.1) is 35.3 Å². The largest absolute Gasteiger partial charge is 0.434 e. The van der Waals surface area contributed by atoms with Gasteiger partial charge in [0.1, 0.15) is 5.01 Å². The fourth-order valence-corrected chi connectivity index (χ4v) is 2.64. The Kier molecular flexibility index (Phi) is 8.32. The van der Waals surface area contributed by atoms with Crippen LogP contribution in [-0.2, 0) is 25.4 Å². The average Bonchev–Trinajstić information content (AvgIpc) is 3.04. The van der Waals surface area contributed by atoms with E-state index >= 15 is 0 Å². The van der Waals surface area contributed by atoms with Crippen molar-refractivity contribution in [3.05, 3.63) is 51.5 Å². The Hall–Kier alpha value is -1.57. The van der Waals surface area contributed by atoms with Crippen molar-refractivity contribution in [2.75, 3.05) is 7.05 Å². The van der Waals surface area contributed by atoms with E-state index in [9.17, 15) is 26.3 Å². The molecule has 0 saturated heterocycles. The van der Waals surface area contributed by atoms with E-state index < -0.39 is 23.6 Å². The van der Waals surface area contributed by atoms with Crippen molar-refractivity contribution in [1.29, 1.82) is 0 Å². The summed E-state index contributed by atoms with van der Waals surface area (Å²) >= 11 is 0.864. The summed E-state index contributed by atoms with van der Waals surface area (Å²) in [6.07, 6.45) is -8.89. The maximum Gasteiger partial charge on any atom is 0.434 e. The third-order valence-electron chi connectivity index (χ3n) is 3.21. The number of rotatable bonds is 4. The van der Waals surface area contributed by atoms with Crippen LogP contribution in [0.3, 0.4) is 0 Å². The van der Waals surface area contributed by atoms with E-state index in [-0.39, 0.29) is 48.0 Å². The summed E-state index contributed by atoms with van der Waals surface area (Å²) in [6.45, 7) is 0.233. The molecular formula is C15H15F6IN4S. The van der Waals surface area contributed by atoms with Gasteiger partial charge in [0.05, 0.1) is 12.1 Å². The second-order valence-electron chi connectivity index (χ2n) is 5.10. The lowest BCUT2D eigenvalue weighted by Crippen LogP contribution is -2.36. The maximum atomic E-state index is 12.5. The fraction of sp³-hybridized carbons (Fsp3) is 0.333. The van der Waals surface area contributed by atoms with Crippen LogP contribution in [0.4, 0.5) is 26.3 Å². The number of thiazole rings is 1. The van der Waals surface area contributed by atoms with Gasteiger partial charge in [-0.3, -0.25) is 4.99 Å². The van der Waals surface area contributed by atoms with Crippen LogP contribution >= 0.6 is 35.3 Å². The number of benzene rings is 1. The van der Waals surface area contributed by atoms with E-state index in [1.165, 1.54) is 19.2 Å². The van der Waals surface area contributed by atoms with Crippen LogP contribution in [0.25, 0.3) is 0 Å². The van der Waals surface area contributed by atoms with Gasteiger partial charge in [0.15, 0.2) is 11.7 Å². The molecule has 27 heavy (non-hydrogen) atoms. The number of hydrogen-bond donors (Lipinski definition) is 2. The SMILES string of the molecule is CN=C(NCc1ccc(C(F)(F)F)cc1)NCc1nc(C(F)(F)F)cs1.I.